The first-order chi connectivity index (χ1) is 12.4. The van der Waals surface area contributed by atoms with E-state index in [1.54, 1.807) is 6.07 Å². The van der Waals surface area contributed by atoms with Crippen LogP contribution in [-0.2, 0) is 0 Å². The van der Waals surface area contributed by atoms with Gasteiger partial charge in [0.15, 0.2) is 5.65 Å². The van der Waals surface area contributed by atoms with Crippen molar-refractivity contribution in [2.24, 2.45) is 5.73 Å². The first-order valence-corrected chi connectivity index (χ1v) is 8.94. The van der Waals surface area contributed by atoms with Crippen molar-refractivity contribution < 1.29 is 0 Å². The number of hydrogen-bond acceptors (Lipinski definition) is 6. The highest BCUT2D eigenvalue weighted by Gasteiger charge is 2.27. The lowest BCUT2D eigenvalue weighted by molar-refractivity contribution is 0.362. The average molecular weight is 394 g/mol. The van der Waals surface area contributed by atoms with Gasteiger partial charge >= 0.3 is 0 Å². The molecule has 0 saturated carbocycles. The van der Waals surface area contributed by atoms with E-state index in [2.05, 4.69) is 25.1 Å². The topological polar surface area (TPSA) is 117 Å². The Morgan fingerprint density at radius 2 is 2.04 bits per heavy atom. The zero-order chi connectivity index (χ0) is 18.5. The summed E-state index contributed by atoms with van der Waals surface area (Å²) >= 11 is 12.2. The summed E-state index contributed by atoms with van der Waals surface area (Å²) in [4.78, 5) is 26.0. The number of nitrogens with one attached hydrogen (secondary N) is 2. The Kier molecular flexibility index (Phi) is 4.13. The molecule has 1 fully saturated rings. The van der Waals surface area contributed by atoms with Crippen molar-refractivity contribution >= 4 is 40.2 Å². The molecule has 0 atom stereocenters. The third-order valence-electron chi connectivity index (χ3n) is 4.73. The summed E-state index contributed by atoms with van der Waals surface area (Å²) in [6.45, 7) is 3.49. The average Bonchev–Trinajstić information content (AvgIpc) is 3.01. The van der Waals surface area contributed by atoms with Gasteiger partial charge < -0.3 is 10.6 Å². The predicted molar refractivity (Wildman–Crippen MR) is 102 cm³/mol. The van der Waals surface area contributed by atoms with Gasteiger partial charge in [-0.25, -0.2) is 4.98 Å². The number of aromatic amines is 2. The molecule has 3 aromatic rings. The summed E-state index contributed by atoms with van der Waals surface area (Å²) < 4.78 is 0. The van der Waals surface area contributed by atoms with E-state index in [1.807, 2.05) is 11.8 Å². The van der Waals surface area contributed by atoms with Gasteiger partial charge in [-0.2, -0.15) is 10.1 Å². The Morgan fingerprint density at radius 1 is 1.31 bits per heavy atom. The molecule has 4 heterocycles. The Bertz CT molecular complexity index is 1030. The summed E-state index contributed by atoms with van der Waals surface area (Å²) in [5, 5.41) is 7.76. The normalized spacial score (nSPS) is 17.0. The molecule has 8 nitrogen and oxygen atoms in total. The summed E-state index contributed by atoms with van der Waals surface area (Å²) in [5.74, 6) is 0.495. The molecule has 0 amide bonds. The number of rotatable bonds is 2. The molecule has 3 aromatic heterocycles. The van der Waals surface area contributed by atoms with E-state index < -0.39 is 0 Å². The van der Waals surface area contributed by atoms with E-state index in [0.29, 0.717) is 28.2 Å². The number of halogens is 2. The third-order valence-corrected chi connectivity index (χ3v) is 5.50. The molecule has 4 rings (SSSR count). The van der Waals surface area contributed by atoms with Crippen LogP contribution in [0.25, 0.3) is 22.3 Å². The van der Waals surface area contributed by atoms with Crippen LogP contribution in [0.4, 0.5) is 5.95 Å². The molecule has 0 aromatic carbocycles. The molecule has 0 radical (unpaired) electrons. The predicted octanol–water partition coefficient (Wildman–Crippen LogP) is 2.33. The number of nitrogens with zero attached hydrogens (tertiary/aromatic N) is 4. The van der Waals surface area contributed by atoms with Crippen molar-refractivity contribution in [2.75, 3.05) is 18.0 Å². The molecule has 0 spiro atoms. The molecule has 136 valence electrons. The monoisotopic (exact) mass is 393 g/mol. The number of pyridine rings is 1. The van der Waals surface area contributed by atoms with Gasteiger partial charge in [0.1, 0.15) is 10.5 Å². The van der Waals surface area contributed by atoms with Gasteiger partial charge in [0, 0.05) is 30.4 Å². The van der Waals surface area contributed by atoms with Crippen molar-refractivity contribution in [1.82, 2.24) is 25.1 Å². The van der Waals surface area contributed by atoms with Gasteiger partial charge in [0.25, 0.3) is 5.56 Å². The summed E-state index contributed by atoms with van der Waals surface area (Å²) in [5.41, 5.74) is 7.02. The van der Waals surface area contributed by atoms with Gasteiger partial charge in [-0.15, -0.1) is 0 Å². The number of piperidine rings is 1. The summed E-state index contributed by atoms with van der Waals surface area (Å²) in [6, 6.07) is 1.67. The Balaban J connectivity index is 1.77. The highest BCUT2D eigenvalue weighted by Crippen LogP contribution is 2.33. The zero-order valence-corrected chi connectivity index (χ0v) is 15.5. The van der Waals surface area contributed by atoms with E-state index in [-0.39, 0.29) is 21.3 Å². The van der Waals surface area contributed by atoms with Crippen molar-refractivity contribution in [3.63, 3.8) is 0 Å². The van der Waals surface area contributed by atoms with Crippen molar-refractivity contribution in [3.05, 3.63) is 32.8 Å². The molecule has 4 N–H and O–H groups in total. The molecule has 0 bridgehead atoms. The largest absolute Gasteiger partial charge is 0.342 e. The van der Waals surface area contributed by atoms with E-state index in [4.69, 9.17) is 28.9 Å². The lowest BCUT2D eigenvalue weighted by Crippen LogP contribution is -2.48. The van der Waals surface area contributed by atoms with Gasteiger partial charge in [-0.3, -0.25) is 14.9 Å². The number of aromatic nitrogens is 5. The number of anilines is 1. The smallest absolute Gasteiger partial charge is 0.264 e. The molecular formula is C16H17Cl2N7O. The molecule has 26 heavy (non-hydrogen) atoms. The van der Waals surface area contributed by atoms with Gasteiger partial charge in [-0.1, -0.05) is 23.2 Å². The fourth-order valence-corrected chi connectivity index (χ4v) is 3.47. The van der Waals surface area contributed by atoms with Gasteiger partial charge in [0.2, 0.25) is 5.95 Å². The number of H-pyrrole nitrogens is 2. The minimum absolute atomic E-state index is 0.158. The maximum atomic E-state index is 12.7. The lowest BCUT2D eigenvalue weighted by Gasteiger charge is -2.36. The van der Waals surface area contributed by atoms with Crippen LogP contribution in [0.15, 0.2) is 17.1 Å². The maximum Gasteiger partial charge on any atom is 0.264 e. The SMILES string of the molecule is CC1(N)CCN(c2nc3n[nH]c(-c4ccnc(Cl)c4Cl)c3c(=O)[nH]2)CC1. The fourth-order valence-electron chi connectivity index (χ4n) is 3.11. The summed E-state index contributed by atoms with van der Waals surface area (Å²) in [7, 11) is 0. The highest BCUT2D eigenvalue weighted by atomic mass is 35.5. The van der Waals surface area contributed by atoms with Crippen molar-refractivity contribution in [2.45, 2.75) is 25.3 Å². The molecular weight excluding hydrogens is 377 g/mol. The fraction of sp³-hybridized carbons (Fsp3) is 0.375. The number of fused-ring (bicyclic) bond motifs is 1. The summed E-state index contributed by atoms with van der Waals surface area (Å²) in [6.07, 6.45) is 3.17. The van der Waals surface area contributed by atoms with Crippen LogP contribution in [-0.4, -0.2) is 43.8 Å². The second-order valence-corrected chi connectivity index (χ2v) is 7.53. The molecule has 1 aliphatic heterocycles. The molecule has 1 saturated heterocycles. The molecule has 1 aliphatic rings. The minimum Gasteiger partial charge on any atom is -0.342 e. The standard InChI is InChI=1S/C16H17Cl2N7O/c1-16(19)3-6-25(7-4-16)15-21-13-9(14(26)22-15)11(23-24-13)8-2-5-20-12(18)10(8)17/h2,5H,3-4,6-7,19H2,1H3,(H2,21,22,23,24,26). The lowest BCUT2D eigenvalue weighted by atomic mass is 9.91. The van der Waals surface area contributed by atoms with E-state index in [9.17, 15) is 4.79 Å². The number of hydrogen-bond donors (Lipinski definition) is 3. The van der Waals surface area contributed by atoms with Crippen LogP contribution in [0, 0.1) is 0 Å². The maximum absolute atomic E-state index is 12.7. The van der Waals surface area contributed by atoms with Crippen molar-refractivity contribution in [3.8, 4) is 11.3 Å². The van der Waals surface area contributed by atoms with Crippen LogP contribution < -0.4 is 16.2 Å². The quantitative estimate of drug-likeness (QED) is 0.575. The molecule has 0 aliphatic carbocycles. The second-order valence-electron chi connectivity index (χ2n) is 6.79. The molecule has 0 unspecified atom stereocenters. The first-order valence-electron chi connectivity index (χ1n) is 8.18. The van der Waals surface area contributed by atoms with Gasteiger partial charge in [0.05, 0.1) is 10.7 Å². The number of nitrogens with two attached hydrogens (primary N) is 1. The highest BCUT2D eigenvalue weighted by molar-refractivity contribution is 6.43. The first kappa shape index (κ1) is 17.3. The zero-order valence-electron chi connectivity index (χ0n) is 14.0. The van der Waals surface area contributed by atoms with Crippen LogP contribution in [0.2, 0.25) is 10.2 Å². The Labute approximate surface area is 158 Å². The minimum atomic E-state index is -0.293. The van der Waals surface area contributed by atoms with Crippen LogP contribution in [0.5, 0.6) is 0 Å². The van der Waals surface area contributed by atoms with Gasteiger partial charge in [-0.05, 0) is 25.8 Å². The third kappa shape index (κ3) is 2.94. The Hall–Kier alpha value is -2.16. The van der Waals surface area contributed by atoms with Crippen LogP contribution >= 0.6 is 23.2 Å². The second kappa shape index (κ2) is 6.22. The van der Waals surface area contributed by atoms with E-state index >= 15 is 0 Å². The van der Waals surface area contributed by atoms with Crippen molar-refractivity contribution in [1.29, 1.82) is 0 Å². The van der Waals surface area contributed by atoms with E-state index in [1.165, 1.54) is 6.20 Å². The Morgan fingerprint density at radius 3 is 2.77 bits per heavy atom. The van der Waals surface area contributed by atoms with Crippen LogP contribution in [0.3, 0.4) is 0 Å². The molecule has 10 heteroatoms. The van der Waals surface area contributed by atoms with E-state index in [0.717, 1.165) is 25.9 Å². The van der Waals surface area contributed by atoms with Crippen LogP contribution in [0.1, 0.15) is 19.8 Å².